The first-order valence-electron chi connectivity index (χ1n) is 15.7. The van der Waals surface area contributed by atoms with E-state index >= 15 is 0 Å². The third kappa shape index (κ3) is 4.75. The Hall–Kier alpha value is -6.39. The standard InChI is InChI=1S/C43H27N3O/c1-2-12-30(13-3-1)39-27-32-14-5-7-16-35(32)41(45-39)31-22-20-29(21-23-31)34-25-24-28-11-4-6-15-33(28)40(34)36-17-10-19-37-42(36)47-43(46-37)38-18-8-9-26-44-38/h1-27H. The predicted molar refractivity (Wildman–Crippen MR) is 192 cm³/mol. The number of rotatable bonds is 5. The fourth-order valence-electron chi connectivity index (χ4n) is 6.53. The summed E-state index contributed by atoms with van der Waals surface area (Å²) in [5.41, 5.74) is 10.7. The first-order chi connectivity index (χ1) is 23.3. The normalized spacial score (nSPS) is 11.4. The van der Waals surface area contributed by atoms with Crippen molar-refractivity contribution < 1.29 is 4.42 Å². The predicted octanol–water partition coefficient (Wildman–Crippen LogP) is 11.3. The second-order valence-corrected chi connectivity index (χ2v) is 11.6. The van der Waals surface area contributed by atoms with E-state index in [-0.39, 0.29) is 0 Å². The summed E-state index contributed by atoms with van der Waals surface area (Å²) in [7, 11) is 0. The van der Waals surface area contributed by atoms with Crippen molar-refractivity contribution in [2.45, 2.75) is 0 Å². The van der Waals surface area contributed by atoms with Crippen molar-refractivity contribution in [3.05, 3.63) is 164 Å². The second-order valence-electron chi connectivity index (χ2n) is 11.6. The molecule has 3 aromatic heterocycles. The van der Waals surface area contributed by atoms with Crippen molar-refractivity contribution in [2.24, 2.45) is 0 Å². The molecule has 4 nitrogen and oxygen atoms in total. The molecule has 6 aromatic carbocycles. The number of para-hydroxylation sites is 1. The zero-order valence-corrected chi connectivity index (χ0v) is 25.3. The molecule has 0 unspecified atom stereocenters. The lowest BCUT2D eigenvalue weighted by molar-refractivity contribution is 0.617. The quantitative estimate of drug-likeness (QED) is 0.197. The number of aromatic nitrogens is 3. The van der Waals surface area contributed by atoms with Gasteiger partial charge in [0.25, 0.3) is 0 Å². The molecule has 0 aliphatic carbocycles. The number of hydrogen-bond acceptors (Lipinski definition) is 4. The molecule has 9 aromatic rings. The Morgan fingerprint density at radius 2 is 1.19 bits per heavy atom. The molecule has 0 bridgehead atoms. The molecule has 0 radical (unpaired) electrons. The van der Waals surface area contributed by atoms with Crippen molar-refractivity contribution in [3.8, 4) is 56.4 Å². The van der Waals surface area contributed by atoms with Crippen LogP contribution in [0.15, 0.2) is 168 Å². The third-order valence-corrected chi connectivity index (χ3v) is 8.78. The lowest BCUT2D eigenvalue weighted by Gasteiger charge is -2.15. The minimum atomic E-state index is 0.511. The summed E-state index contributed by atoms with van der Waals surface area (Å²) in [4.78, 5) is 14.5. The van der Waals surface area contributed by atoms with Gasteiger partial charge in [-0.05, 0) is 51.6 Å². The van der Waals surface area contributed by atoms with E-state index in [2.05, 4.69) is 126 Å². The summed E-state index contributed by atoms with van der Waals surface area (Å²) in [6, 6.07) is 54.6. The van der Waals surface area contributed by atoms with Crippen LogP contribution in [0.25, 0.3) is 89.0 Å². The van der Waals surface area contributed by atoms with Crippen molar-refractivity contribution in [2.75, 3.05) is 0 Å². The number of fused-ring (bicyclic) bond motifs is 3. The topological polar surface area (TPSA) is 51.8 Å². The largest absolute Gasteiger partial charge is 0.434 e. The van der Waals surface area contributed by atoms with Gasteiger partial charge in [-0.15, -0.1) is 0 Å². The maximum atomic E-state index is 6.46. The molecule has 3 heterocycles. The van der Waals surface area contributed by atoms with E-state index in [1.165, 1.54) is 5.39 Å². The van der Waals surface area contributed by atoms with Gasteiger partial charge in [0.15, 0.2) is 5.58 Å². The van der Waals surface area contributed by atoms with Gasteiger partial charge in [0.2, 0.25) is 5.89 Å². The molecule has 0 atom stereocenters. The Bertz CT molecular complexity index is 2550. The van der Waals surface area contributed by atoms with Gasteiger partial charge in [0.05, 0.1) is 11.4 Å². The molecule has 0 amide bonds. The molecular weight excluding hydrogens is 574 g/mol. The Morgan fingerprint density at radius 1 is 0.447 bits per heavy atom. The third-order valence-electron chi connectivity index (χ3n) is 8.78. The van der Waals surface area contributed by atoms with Gasteiger partial charge in [-0.2, -0.15) is 0 Å². The molecule has 0 saturated heterocycles. The Morgan fingerprint density at radius 3 is 2.02 bits per heavy atom. The molecule has 4 heteroatoms. The molecule has 9 rings (SSSR count). The summed E-state index contributed by atoms with van der Waals surface area (Å²) in [5.74, 6) is 0.511. The average Bonchev–Trinajstić information content (AvgIpc) is 3.60. The van der Waals surface area contributed by atoms with E-state index in [1.54, 1.807) is 6.20 Å². The van der Waals surface area contributed by atoms with Crippen molar-refractivity contribution in [1.29, 1.82) is 0 Å². The number of hydrogen-bond donors (Lipinski definition) is 0. The second kappa shape index (κ2) is 11.2. The van der Waals surface area contributed by atoms with Crippen molar-refractivity contribution in [3.63, 3.8) is 0 Å². The summed E-state index contributed by atoms with van der Waals surface area (Å²) in [6.45, 7) is 0. The lowest BCUT2D eigenvalue weighted by Crippen LogP contribution is -1.92. The van der Waals surface area contributed by atoms with Crippen LogP contribution in [0.2, 0.25) is 0 Å². The fraction of sp³-hybridized carbons (Fsp3) is 0. The van der Waals surface area contributed by atoms with Gasteiger partial charge in [-0.25, -0.2) is 9.97 Å². The maximum Gasteiger partial charge on any atom is 0.246 e. The zero-order chi connectivity index (χ0) is 31.2. The molecule has 220 valence electrons. The smallest absolute Gasteiger partial charge is 0.246 e. The average molecular weight is 602 g/mol. The Balaban J connectivity index is 1.21. The molecule has 0 aliphatic heterocycles. The molecule has 0 saturated carbocycles. The number of pyridine rings is 2. The molecule has 47 heavy (non-hydrogen) atoms. The summed E-state index contributed by atoms with van der Waals surface area (Å²) >= 11 is 0. The van der Waals surface area contributed by atoms with Gasteiger partial charge < -0.3 is 4.42 Å². The van der Waals surface area contributed by atoms with Crippen LogP contribution in [0.3, 0.4) is 0 Å². The van der Waals surface area contributed by atoms with Crippen LogP contribution >= 0.6 is 0 Å². The highest BCUT2D eigenvalue weighted by Crippen LogP contribution is 2.42. The highest BCUT2D eigenvalue weighted by atomic mass is 16.3. The van der Waals surface area contributed by atoms with Crippen molar-refractivity contribution in [1.82, 2.24) is 15.0 Å². The summed E-state index contributed by atoms with van der Waals surface area (Å²) in [5, 5.41) is 4.62. The first kappa shape index (κ1) is 27.0. The Kier molecular flexibility index (Phi) is 6.43. The number of oxazole rings is 1. The monoisotopic (exact) mass is 601 g/mol. The van der Waals surface area contributed by atoms with Gasteiger partial charge >= 0.3 is 0 Å². The van der Waals surface area contributed by atoms with E-state index in [1.807, 2.05) is 36.4 Å². The van der Waals surface area contributed by atoms with Crippen LogP contribution in [0.1, 0.15) is 0 Å². The SMILES string of the molecule is c1ccc(-c2cc3ccccc3c(-c3ccc(-c4ccc5ccccc5c4-c4cccc5nc(-c6ccccn6)oc45)cc3)n2)cc1. The van der Waals surface area contributed by atoms with Gasteiger partial charge in [-0.3, -0.25) is 4.98 Å². The lowest BCUT2D eigenvalue weighted by atomic mass is 9.89. The van der Waals surface area contributed by atoms with Gasteiger partial charge in [0, 0.05) is 33.8 Å². The molecule has 0 N–H and O–H groups in total. The van der Waals surface area contributed by atoms with Crippen molar-refractivity contribution >= 4 is 32.6 Å². The Labute approximate surface area is 271 Å². The minimum absolute atomic E-state index is 0.511. The van der Waals surface area contributed by atoms with Gasteiger partial charge in [-0.1, -0.05) is 133 Å². The minimum Gasteiger partial charge on any atom is -0.434 e. The van der Waals surface area contributed by atoms with Crippen LogP contribution in [0.5, 0.6) is 0 Å². The highest BCUT2D eigenvalue weighted by Gasteiger charge is 2.19. The van der Waals surface area contributed by atoms with Crippen LogP contribution in [0, 0.1) is 0 Å². The molecule has 0 aliphatic rings. The van der Waals surface area contributed by atoms with Crippen LogP contribution in [-0.2, 0) is 0 Å². The van der Waals surface area contributed by atoms with E-state index < -0.39 is 0 Å². The van der Waals surface area contributed by atoms with E-state index in [9.17, 15) is 0 Å². The highest BCUT2D eigenvalue weighted by molar-refractivity contribution is 6.09. The summed E-state index contributed by atoms with van der Waals surface area (Å²) in [6.07, 6.45) is 1.76. The number of benzene rings is 6. The van der Waals surface area contributed by atoms with E-state index in [0.29, 0.717) is 11.6 Å². The molecule has 0 fully saturated rings. The van der Waals surface area contributed by atoms with E-state index in [0.717, 1.165) is 72.0 Å². The van der Waals surface area contributed by atoms with Crippen LogP contribution < -0.4 is 0 Å². The summed E-state index contributed by atoms with van der Waals surface area (Å²) < 4.78 is 6.46. The first-order valence-corrected chi connectivity index (χ1v) is 15.7. The van der Waals surface area contributed by atoms with Crippen LogP contribution in [0.4, 0.5) is 0 Å². The molecule has 0 spiro atoms. The fourth-order valence-corrected chi connectivity index (χ4v) is 6.53. The number of nitrogens with zero attached hydrogens (tertiary/aromatic N) is 3. The molecular formula is C43H27N3O. The van der Waals surface area contributed by atoms with Gasteiger partial charge in [0.1, 0.15) is 11.2 Å². The van der Waals surface area contributed by atoms with E-state index in [4.69, 9.17) is 14.4 Å². The maximum absolute atomic E-state index is 6.46. The zero-order valence-electron chi connectivity index (χ0n) is 25.3. The van der Waals surface area contributed by atoms with Crippen LogP contribution in [-0.4, -0.2) is 15.0 Å².